The summed E-state index contributed by atoms with van der Waals surface area (Å²) in [6, 6.07) is 4.89. The molecule has 1 unspecified atom stereocenters. The van der Waals surface area contributed by atoms with Crippen LogP contribution in [0.15, 0.2) is 22.7 Å². The fourth-order valence-corrected chi connectivity index (χ4v) is 2.66. The highest BCUT2D eigenvalue weighted by Gasteiger charge is 2.07. The van der Waals surface area contributed by atoms with Gasteiger partial charge >= 0.3 is 0 Å². The molecule has 0 aromatic heterocycles. The first-order valence-electron chi connectivity index (χ1n) is 5.77. The average Bonchev–Trinajstić information content (AvgIpc) is 2.14. The Morgan fingerprint density at radius 3 is 2.65 bits per heavy atom. The zero-order valence-corrected chi connectivity index (χ0v) is 12.5. The lowest BCUT2D eigenvalue weighted by molar-refractivity contribution is 0.533. The zero-order chi connectivity index (χ0) is 12.8. The molecule has 0 saturated heterocycles. The molecule has 1 nitrogen and oxygen atoms in total. The second-order valence-corrected chi connectivity index (χ2v) is 6.17. The Balaban J connectivity index is 2.35. The molecular formula is C13H18BrClFN. The van der Waals surface area contributed by atoms with Crippen LogP contribution in [0, 0.1) is 11.7 Å². The van der Waals surface area contributed by atoms with Crippen molar-refractivity contribution in [2.24, 2.45) is 5.92 Å². The minimum Gasteiger partial charge on any atom is -0.311 e. The molecule has 0 bridgehead atoms. The van der Waals surface area contributed by atoms with E-state index in [0.717, 1.165) is 23.0 Å². The Hall–Kier alpha value is -0.120. The predicted molar refractivity (Wildman–Crippen MR) is 74.9 cm³/mol. The van der Waals surface area contributed by atoms with Gasteiger partial charge in [-0.2, -0.15) is 0 Å². The summed E-state index contributed by atoms with van der Waals surface area (Å²) in [6.07, 6.45) is 0.988. The Morgan fingerprint density at radius 1 is 1.35 bits per heavy atom. The molecule has 0 saturated carbocycles. The zero-order valence-electron chi connectivity index (χ0n) is 10.1. The van der Waals surface area contributed by atoms with Gasteiger partial charge in [0.25, 0.3) is 0 Å². The highest BCUT2D eigenvalue weighted by atomic mass is 79.9. The largest absolute Gasteiger partial charge is 0.311 e. The van der Waals surface area contributed by atoms with E-state index >= 15 is 0 Å². The third kappa shape index (κ3) is 6.39. The number of halogens is 3. The van der Waals surface area contributed by atoms with Crippen LogP contribution in [0.4, 0.5) is 4.39 Å². The molecule has 1 rings (SSSR count). The summed E-state index contributed by atoms with van der Waals surface area (Å²) in [7, 11) is 0. The van der Waals surface area contributed by atoms with Gasteiger partial charge in [0.1, 0.15) is 5.82 Å². The molecule has 1 aromatic rings. The van der Waals surface area contributed by atoms with Crippen molar-refractivity contribution in [3.63, 3.8) is 0 Å². The van der Waals surface area contributed by atoms with E-state index < -0.39 is 0 Å². The summed E-state index contributed by atoms with van der Waals surface area (Å²) in [5.41, 5.74) is 0.922. The minimum absolute atomic E-state index is 0.131. The van der Waals surface area contributed by atoms with Crippen molar-refractivity contribution >= 4 is 27.5 Å². The van der Waals surface area contributed by atoms with Gasteiger partial charge in [-0.25, -0.2) is 4.39 Å². The van der Waals surface area contributed by atoms with Crippen LogP contribution in [0.25, 0.3) is 0 Å². The number of nitrogens with one attached hydrogen (secondary N) is 1. The normalized spacial score (nSPS) is 13.1. The third-order valence-corrected chi connectivity index (χ3v) is 3.13. The maximum absolute atomic E-state index is 13.1. The van der Waals surface area contributed by atoms with Crippen LogP contribution in [0.3, 0.4) is 0 Å². The van der Waals surface area contributed by atoms with Crippen molar-refractivity contribution in [1.82, 2.24) is 5.32 Å². The smallest absolute Gasteiger partial charge is 0.124 e. The number of hydrogen-bond donors (Lipinski definition) is 1. The van der Waals surface area contributed by atoms with Crippen LogP contribution in [0.2, 0.25) is 0 Å². The van der Waals surface area contributed by atoms with E-state index in [-0.39, 0.29) is 11.2 Å². The quantitative estimate of drug-likeness (QED) is 0.769. The standard InChI is InChI=1S/C13H18BrClFN/c1-9(2)3-12(15)8-17-7-10-4-11(14)6-13(16)5-10/h4-6,9,12,17H,3,7-8H2,1-2H3. The molecule has 17 heavy (non-hydrogen) atoms. The van der Waals surface area contributed by atoms with Gasteiger partial charge in [0.15, 0.2) is 0 Å². The van der Waals surface area contributed by atoms with Crippen molar-refractivity contribution < 1.29 is 4.39 Å². The molecule has 0 spiro atoms. The molecule has 1 aromatic carbocycles. The number of hydrogen-bond acceptors (Lipinski definition) is 1. The van der Waals surface area contributed by atoms with Crippen LogP contribution >= 0.6 is 27.5 Å². The molecule has 0 heterocycles. The monoisotopic (exact) mass is 321 g/mol. The summed E-state index contributed by atoms with van der Waals surface area (Å²) >= 11 is 9.43. The second-order valence-electron chi connectivity index (χ2n) is 4.64. The van der Waals surface area contributed by atoms with Gasteiger partial charge < -0.3 is 5.32 Å². The topological polar surface area (TPSA) is 12.0 Å². The number of benzene rings is 1. The third-order valence-electron chi connectivity index (χ3n) is 2.34. The molecule has 0 aliphatic heterocycles. The van der Waals surface area contributed by atoms with Crippen molar-refractivity contribution in [1.29, 1.82) is 0 Å². The fourth-order valence-electron chi connectivity index (χ4n) is 1.68. The van der Waals surface area contributed by atoms with Crippen LogP contribution in [0.5, 0.6) is 0 Å². The van der Waals surface area contributed by atoms with E-state index in [2.05, 4.69) is 35.1 Å². The summed E-state index contributed by atoms with van der Waals surface area (Å²) in [5, 5.41) is 3.37. The van der Waals surface area contributed by atoms with Crippen LogP contribution in [-0.4, -0.2) is 11.9 Å². The minimum atomic E-state index is -0.222. The highest BCUT2D eigenvalue weighted by molar-refractivity contribution is 9.10. The molecule has 1 N–H and O–H groups in total. The van der Waals surface area contributed by atoms with Gasteiger partial charge in [-0.05, 0) is 36.1 Å². The maximum atomic E-state index is 13.1. The summed E-state index contributed by atoms with van der Waals surface area (Å²) in [4.78, 5) is 0. The summed E-state index contributed by atoms with van der Waals surface area (Å²) in [5.74, 6) is 0.378. The van der Waals surface area contributed by atoms with Crippen molar-refractivity contribution in [2.75, 3.05) is 6.54 Å². The maximum Gasteiger partial charge on any atom is 0.124 e. The SMILES string of the molecule is CC(C)CC(Cl)CNCc1cc(F)cc(Br)c1. The second kappa shape index (κ2) is 7.34. The van der Waals surface area contributed by atoms with Crippen LogP contribution in [-0.2, 0) is 6.54 Å². The highest BCUT2D eigenvalue weighted by Crippen LogP contribution is 2.15. The lowest BCUT2D eigenvalue weighted by Gasteiger charge is -2.13. The van der Waals surface area contributed by atoms with E-state index in [1.807, 2.05) is 6.07 Å². The van der Waals surface area contributed by atoms with E-state index in [4.69, 9.17) is 11.6 Å². The fraction of sp³-hybridized carbons (Fsp3) is 0.538. The first kappa shape index (κ1) is 14.9. The van der Waals surface area contributed by atoms with Crippen molar-refractivity contribution in [3.8, 4) is 0 Å². The first-order chi connectivity index (χ1) is 7.97. The van der Waals surface area contributed by atoms with Gasteiger partial charge in [-0.1, -0.05) is 29.8 Å². The van der Waals surface area contributed by atoms with Crippen molar-refractivity contribution in [2.45, 2.75) is 32.2 Å². The Morgan fingerprint density at radius 2 is 2.06 bits per heavy atom. The molecule has 4 heteroatoms. The van der Waals surface area contributed by atoms with Gasteiger partial charge in [-0.15, -0.1) is 11.6 Å². The van der Waals surface area contributed by atoms with Crippen molar-refractivity contribution in [3.05, 3.63) is 34.1 Å². The molecule has 96 valence electrons. The van der Waals surface area contributed by atoms with Gasteiger partial charge in [0.05, 0.1) is 0 Å². The molecule has 0 amide bonds. The number of rotatable bonds is 6. The summed E-state index contributed by atoms with van der Waals surface area (Å²) < 4.78 is 13.9. The Bertz CT molecular complexity index is 337. The Kier molecular flexibility index (Phi) is 6.45. The van der Waals surface area contributed by atoms with Gasteiger partial charge in [-0.3, -0.25) is 0 Å². The van der Waals surface area contributed by atoms with E-state index in [1.165, 1.54) is 12.1 Å². The van der Waals surface area contributed by atoms with E-state index in [1.54, 1.807) is 0 Å². The van der Waals surface area contributed by atoms with Crippen LogP contribution in [0.1, 0.15) is 25.8 Å². The molecule has 0 aliphatic rings. The van der Waals surface area contributed by atoms with Gasteiger partial charge in [0, 0.05) is 22.9 Å². The molecular weight excluding hydrogens is 305 g/mol. The van der Waals surface area contributed by atoms with E-state index in [9.17, 15) is 4.39 Å². The van der Waals surface area contributed by atoms with Crippen LogP contribution < -0.4 is 5.32 Å². The van der Waals surface area contributed by atoms with Gasteiger partial charge in [0.2, 0.25) is 0 Å². The lowest BCUT2D eigenvalue weighted by atomic mass is 10.1. The molecule has 0 radical (unpaired) electrons. The number of alkyl halides is 1. The lowest BCUT2D eigenvalue weighted by Crippen LogP contribution is -2.24. The van der Waals surface area contributed by atoms with E-state index in [0.29, 0.717) is 12.5 Å². The average molecular weight is 323 g/mol. The molecule has 0 aliphatic carbocycles. The predicted octanol–water partition coefficient (Wildman–Crippen LogP) is 4.33. The Labute approximate surface area is 116 Å². The molecule has 0 fully saturated rings. The molecule has 1 atom stereocenters. The first-order valence-corrected chi connectivity index (χ1v) is 7.00. The summed E-state index contributed by atoms with van der Waals surface area (Å²) in [6.45, 7) is 5.68.